The summed E-state index contributed by atoms with van der Waals surface area (Å²) in [7, 11) is 0. The first-order chi connectivity index (χ1) is 8.24. The van der Waals surface area contributed by atoms with Gasteiger partial charge in [-0.05, 0) is 25.5 Å². The van der Waals surface area contributed by atoms with E-state index in [0.717, 1.165) is 5.69 Å². The average Bonchev–Trinajstić information content (AvgIpc) is 2.73. The molecular weight excluding hydrogens is 218 g/mol. The van der Waals surface area contributed by atoms with E-state index in [2.05, 4.69) is 0 Å². The largest absolute Gasteiger partial charge is 0.464 e. The Bertz CT molecular complexity index is 416. The van der Waals surface area contributed by atoms with Crippen LogP contribution in [0.25, 0.3) is 0 Å². The van der Waals surface area contributed by atoms with Gasteiger partial charge in [-0.15, -0.1) is 0 Å². The molecule has 1 unspecified atom stereocenters. The lowest BCUT2D eigenvalue weighted by Crippen LogP contribution is -2.39. The van der Waals surface area contributed by atoms with E-state index in [9.17, 15) is 9.59 Å². The topological polar surface area (TPSA) is 46.6 Å². The number of hydrogen-bond acceptors (Lipinski definition) is 3. The van der Waals surface area contributed by atoms with Gasteiger partial charge in [0.15, 0.2) is 0 Å². The minimum atomic E-state index is -0.468. The van der Waals surface area contributed by atoms with Gasteiger partial charge in [0.1, 0.15) is 6.04 Å². The van der Waals surface area contributed by atoms with Gasteiger partial charge >= 0.3 is 5.97 Å². The zero-order chi connectivity index (χ0) is 12.3. The summed E-state index contributed by atoms with van der Waals surface area (Å²) in [5, 5.41) is 0. The smallest absolute Gasteiger partial charge is 0.329 e. The lowest BCUT2D eigenvalue weighted by atomic mass is 10.2. The fourth-order valence-electron chi connectivity index (χ4n) is 2.06. The maximum Gasteiger partial charge on any atom is 0.329 e. The first-order valence-electron chi connectivity index (χ1n) is 5.77. The molecule has 90 valence electrons. The van der Waals surface area contributed by atoms with Crippen LogP contribution < -0.4 is 4.90 Å². The lowest BCUT2D eigenvalue weighted by molar-refractivity contribution is -0.144. The van der Waals surface area contributed by atoms with Gasteiger partial charge in [-0.2, -0.15) is 0 Å². The quantitative estimate of drug-likeness (QED) is 0.747. The number of anilines is 1. The Morgan fingerprint density at radius 1 is 1.41 bits per heavy atom. The van der Waals surface area contributed by atoms with Crippen LogP contribution >= 0.6 is 0 Å². The molecule has 4 nitrogen and oxygen atoms in total. The normalized spacial score (nSPS) is 19.5. The molecule has 17 heavy (non-hydrogen) atoms. The predicted molar refractivity (Wildman–Crippen MR) is 63.6 cm³/mol. The first kappa shape index (κ1) is 11.6. The highest BCUT2D eigenvalue weighted by Gasteiger charge is 2.37. The molecule has 4 heteroatoms. The van der Waals surface area contributed by atoms with Crippen molar-refractivity contribution in [2.45, 2.75) is 25.8 Å². The number of carbonyl (C=O) groups excluding carboxylic acids is 2. The van der Waals surface area contributed by atoms with Crippen molar-refractivity contribution in [3.05, 3.63) is 30.3 Å². The molecule has 0 aliphatic carbocycles. The van der Waals surface area contributed by atoms with Crippen molar-refractivity contribution in [2.75, 3.05) is 11.5 Å². The molecule has 0 bridgehead atoms. The van der Waals surface area contributed by atoms with Gasteiger partial charge in [0, 0.05) is 12.1 Å². The van der Waals surface area contributed by atoms with Crippen molar-refractivity contribution in [2.24, 2.45) is 0 Å². The Labute approximate surface area is 100 Å². The monoisotopic (exact) mass is 233 g/mol. The summed E-state index contributed by atoms with van der Waals surface area (Å²) >= 11 is 0. The summed E-state index contributed by atoms with van der Waals surface area (Å²) in [5.41, 5.74) is 0.757. The molecule has 2 rings (SSSR count). The molecule has 1 aliphatic rings. The SMILES string of the molecule is CCOC(=O)C1CCC(=O)N1c1ccccc1. The van der Waals surface area contributed by atoms with Crippen LogP contribution in [0.15, 0.2) is 30.3 Å². The van der Waals surface area contributed by atoms with E-state index < -0.39 is 6.04 Å². The van der Waals surface area contributed by atoms with Crippen LogP contribution in [0.5, 0.6) is 0 Å². The number of rotatable bonds is 3. The third-order valence-electron chi connectivity index (χ3n) is 2.81. The van der Waals surface area contributed by atoms with Crippen molar-refractivity contribution < 1.29 is 14.3 Å². The first-order valence-corrected chi connectivity index (χ1v) is 5.77. The van der Waals surface area contributed by atoms with Crippen LogP contribution in [-0.4, -0.2) is 24.5 Å². The molecule has 1 aromatic carbocycles. The van der Waals surface area contributed by atoms with Crippen LogP contribution in [0, 0.1) is 0 Å². The molecule has 1 amide bonds. The maximum absolute atomic E-state index is 11.8. The molecule has 0 spiro atoms. The van der Waals surface area contributed by atoms with E-state index in [1.165, 1.54) is 4.90 Å². The predicted octanol–water partition coefficient (Wildman–Crippen LogP) is 1.75. The minimum absolute atomic E-state index is 0.0192. The Morgan fingerprint density at radius 2 is 2.12 bits per heavy atom. The summed E-state index contributed by atoms with van der Waals surface area (Å²) in [5.74, 6) is -0.337. The van der Waals surface area contributed by atoms with Crippen molar-refractivity contribution in [1.29, 1.82) is 0 Å². The van der Waals surface area contributed by atoms with E-state index in [-0.39, 0.29) is 11.9 Å². The standard InChI is InChI=1S/C13H15NO3/c1-2-17-13(16)11-8-9-12(15)14(11)10-6-4-3-5-7-10/h3-7,11H,2,8-9H2,1H3. The summed E-state index contributed by atoms with van der Waals surface area (Å²) in [6.07, 6.45) is 0.935. The molecule has 0 aromatic heterocycles. The van der Waals surface area contributed by atoms with Gasteiger partial charge in [-0.3, -0.25) is 9.69 Å². The van der Waals surface area contributed by atoms with Gasteiger partial charge in [0.05, 0.1) is 6.61 Å². The number of para-hydroxylation sites is 1. The zero-order valence-electron chi connectivity index (χ0n) is 9.76. The van der Waals surface area contributed by atoms with Crippen LogP contribution in [0.4, 0.5) is 5.69 Å². The van der Waals surface area contributed by atoms with Crippen molar-refractivity contribution >= 4 is 17.6 Å². The second-order valence-electron chi connectivity index (χ2n) is 3.91. The number of amides is 1. The summed E-state index contributed by atoms with van der Waals surface area (Å²) < 4.78 is 4.99. The number of ether oxygens (including phenoxy) is 1. The number of benzene rings is 1. The lowest BCUT2D eigenvalue weighted by Gasteiger charge is -2.23. The fraction of sp³-hybridized carbons (Fsp3) is 0.385. The molecule has 1 aliphatic heterocycles. The second kappa shape index (κ2) is 4.99. The van der Waals surface area contributed by atoms with Crippen LogP contribution in [0.3, 0.4) is 0 Å². The fourth-order valence-corrected chi connectivity index (χ4v) is 2.06. The molecule has 1 heterocycles. The molecule has 1 fully saturated rings. The molecular formula is C13H15NO3. The molecule has 0 radical (unpaired) electrons. The highest BCUT2D eigenvalue weighted by atomic mass is 16.5. The third kappa shape index (κ3) is 2.30. The van der Waals surface area contributed by atoms with Gasteiger partial charge in [-0.25, -0.2) is 4.79 Å². The van der Waals surface area contributed by atoms with Crippen molar-refractivity contribution in [3.63, 3.8) is 0 Å². The highest BCUT2D eigenvalue weighted by molar-refractivity contribution is 6.02. The van der Waals surface area contributed by atoms with Gasteiger partial charge < -0.3 is 4.74 Å². The number of nitrogens with zero attached hydrogens (tertiary/aromatic N) is 1. The van der Waals surface area contributed by atoms with E-state index >= 15 is 0 Å². The Morgan fingerprint density at radius 3 is 2.76 bits per heavy atom. The second-order valence-corrected chi connectivity index (χ2v) is 3.91. The van der Waals surface area contributed by atoms with Crippen LogP contribution in [0.1, 0.15) is 19.8 Å². The van der Waals surface area contributed by atoms with Gasteiger partial charge in [0.2, 0.25) is 5.91 Å². The summed E-state index contributed by atoms with van der Waals surface area (Å²) in [6, 6.07) is 8.77. The molecule has 1 saturated heterocycles. The molecule has 0 saturated carbocycles. The van der Waals surface area contributed by atoms with Crippen molar-refractivity contribution in [1.82, 2.24) is 0 Å². The van der Waals surface area contributed by atoms with Gasteiger partial charge in [-0.1, -0.05) is 18.2 Å². The molecule has 1 atom stereocenters. The highest BCUT2D eigenvalue weighted by Crippen LogP contribution is 2.26. The Hall–Kier alpha value is -1.84. The van der Waals surface area contributed by atoms with E-state index in [1.54, 1.807) is 6.92 Å². The number of hydrogen-bond donors (Lipinski definition) is 0. The average molecular weight is 233 g/mol. The summed E-state index contributed by atoms with van der Waals surface area (Å²) in [6.45, 7) is 2.10. The minimum Gasteiger partial charge on any atom is -0.464 e. The van der Waals surface area contributed by atoms with E-state index in [1.807, 2.05) is 30.3 Å². The Balaban J connectivity index is 2.23. The van der Waals surface area contributed by atoms with Crippen LogP contribution in [0.2, 0.25) is 0 Å². The van der Waals surface area contributed by atoms with E-state index in [0.29, 0.717) is 19.4 Å². The van der Waals surface area contributed by atoms with Crippen LogP contribution in [-0.2, 0) is 14.3 Å². The zero-order valence-corrected chi connectivity index (χ0v) is 9.76. The third-order valence-corrected chi connectivity index (χ3v) is 2.81. The van der Waals surface area contributed by atoms with Crippen molar-refractivity contribution in [3.8, 4) is 0 Å². The summed E-state index contributed by atoms with van der Waals surface area (Å²) in [4.78, 5) is 25.1. The Kier molecular flexibility index (Phi) is 3.42. The molecule has 1 aromatic rings. The number of carbonyl (C=O) groups is 2. The molecule has 0 N–H and O–H groups in total. The number of esters is 1. The maximum atomic E-state index is 11.8. The van der Waals surface area contributed by atoms with Gasteiger partial charge in [0.25, 0.3) is 0 Å². The van der Waals surface area contributed by atoms with E-state index in [4.69, 9.17) is 4.74 Å².